The number of anilines is 6. The van der Waals surface area contributed by atoms with Crippen molar-refractivity contribution in [1.29, 1.82) is 0 Å². The van der Waals surface area contributed by atoms with Crippen LogP contribution in [0.15, 0.2) is 203 Å². The van der Waals surface area contributed by atoms with Crippen molar-refractivity contribution in [2.75, 3.05) is 9.80 Å². The average molecular weight is 1040 g/mol. The first-order valence-corrected chi connectivity index (χ1v) is 28.4. The van der Waals surface area contributed by atoms with Gasteiger partial charge in [0.15, 0.2) is 11.2 Å². The molecule has 0 fully saturated rings. The fraction of sp³-hybridized carbons (Fsp3) is 0.158. The number of para-hydroxylation sites is 4. The fourth-order valence-electron chi connectivity index (χ4n) is 13.4. The number of aryl methyl sites for hydroxylation is 6. The molecule has 0 bridgehead atoms. The van der Waals surface area contributed by atoms with E-state index in [1.807, 2.05) is 0 Å². The Morgan fingerprint density at radius 1 is 0.275 bits per heavy atom. The van der Waals surface area contributed by atoms with E-state index in [0.29, 0.717) is 0 Å². The molecule has 0 saturated carbocycles. The van der Waals surface area contributed by atoms with Gasteiger partial charge in [0.1, 0.15) is 11.2 Å². The van der Waals surface area contributed by atoms with Crippen molar-refractivity contribution < 1.29 is 8.83 Å². The van der Waals surface area contributed by atoms with Crippen LogP contribution in [0.5, 0.6) is 0 Å². The Hall–Kier alpha value is -9.12. The number of furan rings is 2. The third kappa shape index (κ3) is 7.56. The predicted octanol–water partition coefficient (Wildman–Crippen LogP) is 22.8. The maximum atomic E-state index is 7.33. The van der Waals surface area contributed by atoms with Crippen molar-refractivity contribution in [3.63, 3.8) is 0 Å². The maximum absolute atomic E-state index is 7.33. The van der Waals surface area contributed by atoms with Gasteiger partial charge in [0, 0.05) is 54.8 Å². The highest BCUT2D eigenvalue weighted by molar-refractivity contribution is 6.30. The van der Waals surface area contributed by atoms with Crippen molar-refractivity contribution in [2.24, 2.45) is 0 Å². The molecule has 0 radical (unpaired) electrons. The topological polar surface area (TPSA) is 32.8 Å². The molecule has 0 amide bonds. The normalized spacial score (nSPS) is 12.1. The Morgan fingerprint density at radius 3 is 1.02 bits per heavy atom. The van der Waals surface area contributed by atoms with Gasteiger partial charge < -0.3 is 18.6 Å². The Morgan fingerprint density at radius 2 is 0.637 bits per heavy atom. The lowest BCUT2D eigenvalue weighted by Gasteiger charge is -2.32. The second kappa shape index (κ2) is 18.8. The van der Waals surface area contributed by atoms with Crippen molar-refractivity contribution in [1.82, 2.24) is 0 Å². The van der Waals surface area contributed by atoms with Crippen LogP contribution in [0.4, 0.5) is 34.1 Å². The van der Waals surface area contributed by atoms with Gasteiger partial charge in [0.2, 0.25) is 0 Å². The molecule has 0 aliphatic heterocycles. The zero-order valence-electron chi connectivity index (χ0n) is 47.3. The fourth-order valence-corrected chi connectivity index (χ4v) is 13.4. The minimum Gasteiger partial charge on any atom is -0.453 e. The van der Waals surface area contributed by atoms with Gasteiger partial charge in [-0.05, 0) is 156 Å². The number of hydrogen-bond donors (Lipinski definition) is 0. The second-order valence-corrected chi connectivity index (χ2v) is 23.1. The minimum atomic E-state index is 0.212. The molecular weight excluding hydrogens is 973 g/mol. The molecule has 0 aliphatic carbocycles. The molecule has 0 aliphatic rings. The molecule has 0 N–H and O–H groups in total. The molecule has 12 aromatic carbocycles. The van der Waals surface area contributed by atoms with Gasteiger partial charge in [-0.2, -0.15) is 0 Å². The summed E-state index contributed by atoms with van der Waals surface area (Å²) in [5, 5.41) is 11.8. The number of benzene rings is 12. The van der Waals surface area contributed by atoms with Gasteiger partial charge in [0.05, 0.1) is 22.7 Å². The third-order valence-corrected chi connectivity index (χ3v) is 17.2. The quantitative estimate of drug-likeness (QED) is 0.128. The van der Waals surface area contributed by atoms with Crippen LogP contribution in [0, 0.1) is 41.5 Å². The zero-order valence-corrected chi connectivity index (χ0v) is 47.3. The Balaban J connectivity index is 1.08. The molecule has 14 aromatic rings. The van der Waals surface area contributed by atoms with Crippen molar-refractivity contribution in [2.45, 2.75) is 81.1 Å². The molecule has 0 saturated heterocycles. The first kappa shape index (κ1) is 49.2. The van der Waals surface area contributed by atoms with E-state index in [-0.39, 0.29) is 11.8 Å². The maximum Gasteiger partial charge on any atom is 0.159 e. The molecule has 0 atom stereocenters. The van der Waals surface area contributed by atoms with Crippen LogP contribution in [-0.4, -0.2) is 0 Å². The summed E-state index contributed by atoms with van der Waals surface area (Å²) in [6.45, 7) is 22.6. The van der Waals surface area contributed by atoms with Gasteiger partial charge >= 0.3 is 0 Å². The monoisotopic (exact) mass is 1040 g/mol. The summed E-state index contributed by atoms with van der Waals surface area (Å²) in [6.07, 6.45) is 0. The van der Waals surface area contributed by atoms with Crippen molar-refractivity contribution in [3.8, 4) is 22.3 Å². The third-order valence-electron chi connectivity index (χ3n) is 17.2. The Labute approximate surface area is 468 Å². The predicted molar refractivity (Wildman–Crippen MR) is 342 cm³/mol. The number of rotatable bonds is 10. The lowest BCUT2D eigenvalue weighted by atomic mass is 9.84. The van der Waals surface area contributed by atoms with E-state index >= 15 is 0 Å². The summed E-state index contributed by atoms with van der Waals surface area (Å²) in [5.74, 6) is 0.424. The van der Waals surface area contributed by atoms with E-state index in [9.17, 15) is 0 Å². The second-order valence-electron chi connectivity index (χ2n) is 23.1. The first-order chi connectivity index (χ1) is 38.8. The average Bonchev–Trinajstić information content (AvgIpc) is 4.17. The molecule has 14 rings (SSSR count). The molecule has 4 nitrogen and oxygen atoms in total. The van der Waals surface area contributed by atoms with Crippen LogP contribution in [0.25, 0.3) is 98.4 Å². The molecule has 390 valence electrons. The Kier molecular flexibility index (Phi) is 11.5. The summed E-state index contributed by atoms with van der Waals surface area (Å²) in [6, 6.07) is 72.1. The van der Waals surface area contributed by atoms with E-state index < -0.39 is 0 Å². The number of nitrogens with zero attached hydrogens (tertiary/aromatic N) is 2. The van der Waals surface area contributed by atoms with Gasteiger partial charge in [-0.15, -0.1) is 0 Å². The van der Waals surface area contributed by atoms with Crippen LogP contribution in [-0.2, 0) is 0 Å². The summed E-state index contributed by atoms with van der Waals surface area (Å²) < 4.78 is 14.7. The van der Waals surface area contributed by atoms with Crippen LogP contribution >= 0.6 is 0 Å². The summed E-state index contributed by atoms with van der Waals surface area (Å²) in [4.78, 5) is 5.01. The van der Waals surface area contributed by atoms with Crippen LogP contribution in [0.3, 0.4) is 0 Å². The summed E-state index contributed by atoms with van der Waals surface area (Å²) >= 11 is 0. The van der Waals surface area contributed by atoms with Crippen LogP contribution in [0.2, 0.25) is 0 Å². The van der Waals surface area contributed by atoms with E-state index in [1.54, 1.807) is 0 Å². The van der Waals surface area contributed by atoms with E-state index in [4.69, 9.17) is 8.83 Å². The zero-order chi connectivity index (χ0) is 54.8. The van der Waals surface area contributed by atoms with Gasteiger partial charge in [-0.3, -0.25) is 0 Å². The molecule has 4 heteroatoms. The van der Waals surface area contributed by atoms with Gasteiger partial charge in [-0.25, -0.2) is 0 Å². The Bertz CT molecular complexity index is 4510. The SMILES string of the molecule is Cc1ccc(N(c2cc(C(C)C)c3ccc4c(N(c5ccc(C)cc5C)c5cccc6c5oc5c(-c7ccccc7C)cccc56)cc(C(C)C)c5ccc2c3c54)c2cccc3c2oc2c(-c4ccccc4C)cccc23)c(C)c1. The van der Waals surface area contributed by atoms with Crippen molar-refractivity contribution in [3.05, 3.63) is 239 Å². The molecular formula is C76H64N2O2. The number of hydrogen-bond acceptors (Lipinski definition) is 4. The minimum absolute atomic E-state index is 0.212. The first-order valence-electron chi connectivity index (χ1n) is 28.4. The van der Waals surface area contributed by atoms with E-state index in [0.717, 1.165) is 89.1 Å². The lowest BCUT2D eigenvalue weighted by molar-refractivity contribution is 0.670. The largest absolute Gasteiger partial charge is 0.453 e. The summed E-state index contributed by atoms with van der Waals surface area (Å²) in [5.41, 5.74) is 24.4. The van der Waals surface area contributed by atoms with Crippen LogP contribution < -0.4 is 9.80 Å². The smallest absolute Gasteiger partial charge is 0.159 e. The highest BCUT2D eigenvalue weighted by Crippen LogP contribution is 2.54. The van der Waals surface area contributed by atoms with Gasteiger partial charge in [0.25, 0.3) is 0 Å². The highest BCUT2D eigenvalue weighted by atomic mass is 16.3. The standard InChI is InChI=1S/C76H64N2O2/c1-43(2)63-41-69(77(65-37-31-45(5)39-49(65)9)67-29-17-27-59-57-25-15-23-55(73(57)79-75(59)67)51-21-13-11-19-47(51)7)61-36-34-54-64(44(3)4)42-70(62-35-33-53(63)71(61)72(54)62)78(66-38-32-46(6)40-50(66)10)68-30-18-28-60-58-26-16-24-56(74(58)80-76(60)68)52-22-14-12-20-48(52)8/h11-44H,1-10H3. The number of fused-ring (bicyclic) bond motifs is 6. The molecule has 0 unspecified atom stereocenters. The van der Waals surface area contributed by atoms with E-state index in [2.05, 4.69) is 273 Å². The van der Waals surface area contributed by atoms with Gasteiger partial charge in [-0.1, -0.05) is 197 Å². The molecule has 0 spiro atoms. The molecule has 2 aromatic heterocycles. The van der Waals surface area contributed by atoms with E-state index in [1.165, 1.54) is 88.0 Å². The van der Waals surface area contributed by atoms with Crippen molar-refractivity contribution >= 4 is 110 Å². The molecule has 80 heavy (non-hydrogen) atoms. The lowest BCUT2D eigenvalue weighted by Crippen LogP contribution is -2.14. The summed E-state index contributed by atoms with van der Waals surface area (Å²) in [7, 11) is 0. The van der Waals surface area contributed by atoms with Crippen LogP contribution in [0.1, 0.15) is 84.0 Å². The highest BCUT2D eigenvalue weighted by Gasteiger charge is 2.30. The molecule has 2 heterocycles.